The minimum absolute atomic E-state index is 0.0569. The summed E-state index contributed by atoms with van der Waals surface area (Å²) in [6.07, 6.45) is 0.578. The number of nitrogens with two attached hydrogens (primary N) is 1. The van der Waals surface area contributed by atoms with E-state index in [1.165, 1.54) is 6.07 Å². The summed E-state index contributed by atoms with van der Waals surface area (Å²) in [6, 6.07) is 19.7. The third-order valence-electron chi connectivity index (χ3n) is 6.41. The Labute approximate surface area is 239 Å². The Morgan fingerprint density at radius 1 is 1.13 bits per heavy atom. The molecule has 1 amide bonds. The zero-order valence-electron chi connectivity index (χ0n) is 21.2. The molecule has 0 saturated carbocycles. The van der Waals surface area contributed by atoms with Gasteiger partial charge in [-0.2, -0.15) is 0 Å². The fourth-order valence-electron chi connectivity index (χ4n) is 4.13. The van der Waals surface area contributed by atoms with E-state index in [0.717, 1.165) is 9.13 Å². The van der Waals surface area contributed by atoms with Crippen molar-refractivity contribution in [2.75, 3.05) is 13.2 Å². The first-order chi connectivity index (χ1) is 18.8. The number of H-pyrrole nitrogens is 1. The lowest BCUT2D eigenvalue weighted by molar-refractivity contribution is -0.123. The molecule has 3 aromatic carbocycles. The summed E-state index contributed by atoms with van der Waals surface area (Å²) in [4.78, 5) is 21.0. The van der Waals surface area contributed by atoms with Crippen LogP contribution in [0.15, 0.2) is 79.0 Å². The summed E-state index contributed by atoms with van der Waals surface area (Å²) < 4.78 is 20.8. The number of carbonyl (C=O) groups excluding carboxylic acids is 1. The first-order valence-electron chi connectivity index (χ1n) is 12.4. The highest BCUT2D eigenvalue weighted by Crippen LogP contribution is 2.32. The van der Waals surface area contributed by atoms with E-state index < -0.39 is 30.7 Å². The van der Waals surface area contributed by atoms with Crippen molar-refractivity contribution in [1.82, 2.24) is 15.3 Å². The van der Waals surface area contributed by atoms with Crippen LogP contribution >= 0.6 is 22.6 Å². The first-order valence-corrected chi connectivity index (χ1v) is 13.5. The van der Waals surface area contributed by atoms with Crippen molar-refractivity contribution in [3.8, 4) is 17.0 Å². The van der Waals surface area contributed by atoms with Crippen molar-refractivity contribution in [2.45, 2.75) is 31.0 Å². The van der Waals surface area contributed by atoms with Crippen molar-refractivity contribution >= 4 is 28.5 Å². The van der Waals surface area contributed by atoms with Gasteiger partial charge in [-0.3, -0.25) is 4.79 Å². The average Bonchev–Trinajstić information content (AvgIpc) is 3.44. The molecule has 8 nitrogen and oxygen atoms in total. The highest BCUT2D eigenvalue weighted by molar-refractivity contribution is 14.1. The second kappa shape index (κ2) is 13.2. The van der Waals surface area contributed by atoms with Gasteiger partial charge in [0, 0.05) is 15.1 Å². The Hall–Kier alpha value is -3.32. The van der Waals surface area contributed by atoms with Gasteiger partial charge in [-0.15, -0.1) is 0 Å². The highest BCUT2D eigenvalue weighted by atomic mass is 127. The Morgan fingerprint density at radius 3 is 2.51 bits per heavy atom. The van der Waals surface area contributed by atoms with E-state index in [4.69, 9.17) is 15.6 Å². The number of amides is 1. The zero-order valence-corrected chi connectivity index (χ0v) is 23.4. The molecule has 0 saturated heterocycles. The minimum Gasteiger partial charge on any atom is -0.491 e. The molecule has 0 aliphatic heterocycles. The number of aliphatic hydroxyl groups excluding tert-OH is 2. The number of nitrogens with one attached hydrogen (secondary N) is 2. The second-order valence-electron chi connectivity index (χ2n) is 9.19. The van der Waals surface area contributed by atoms with E-state index in [9.17, 15) is 14.3 Å². The van der Waals surface area contributed by atoms with E-state index in [1.54, 1.807) is 36.5 Å². The predicted molar refractivity (Wildman–Crippen MR) is 154 cm³/mol. The molecule has 1 aromatic heterocycles. The first kappa shape index (κ1) is 28.7. The molecule has 0 aliphatic rings. The summed E-state index contributed by atoms with van der Waals surface area (Å²) in [5.74, 6) is -0.0114. The number of hydrogen-bond donors (Lipinski definition) is 5. The number of benzene rings is 3. The van der Waals surface area contributed by atoms with Crippen molar-refractivity contribution in [3.63, 3.8) is 0 Å². The predicted octanol–water partition coefficient (Wildman–Crippen LogP) is 4.21. The summed E-state index contributed by atoms with van der Waals surface area (Å²) in [5, 5.41) is 21.4. The largest absolute Gasteiger partial charge is 0.491 e. The highest BCUT2D eigenvalue weighted by Gasteiger charge is 2.28. The second-order valence-corrected chi connectivity index (χ2v) is 10.4. The molecule has 1 heterocycles. The van der Waals surface area contributed by atoms with Crippen LogP contribution in [0.5, 0.6) is 5.75 Å². The number of aliphatic hydroxyl groups is 2. The number of imidazole rings is 1. The standard InChI is InChI=1S/C29H30FIN4O4/c1-17(18-5-3-2-4-6-18)27(28-33-14-25(34-28)23-12-9-20(31)13-24(23)30)35-29(38)26(32)19-7-10-22(11-8-19)39-16-21(37)15-36/h2-14,17,21,26-27,36-37H,15-16,32H2,1H3,(H,33,34)(H,35,38)/t17-,21+,26+,27-/m0/s1. The lowest BCUT2D eigenvalue weighted by Crippen LogP contribution is -2.39. The topological polar surface area (TPSA) is 133 Å². The maximum absolute atomic E-state index is 14.6. The van der Waals surface area contributed by atoms with E-state index in [1.807, 2.05) is 43.3 Å². The number of carbonyl (C=O) groups is 1. The number of halogens is 2. The van der Waals surface area contributed by atoms with Crippen LogP contribution in [-0.4, -0.2) is 45.4 Å². The smallest absolute Gasteiger partial charge is 0.242 e. The van der Waals surface area contributed by atoms with Crippen LogP contribution in [0.25, 0.3) is 11.3 Å². The number of rotatable bonds is 11. The third-order valence-corrected chi connectivity index (χ3v) is 7.08. The lowest BCUT2D eigenvalue weighted by Gasteiger charge is -2.26. The van der Waals surface area contributed by atoms with Crippen LogP contribution in [0.1, 0.15) is 41.9 Å². The number of hydrogen-bond acceptors (Lipinski definition) is 6. The van der Waals surface area contributed by atoms with Gasteiger partial charge < -0.3 is 31.0 Å². The summed E-state index contributed by atoms with van der Waals surface area (Å²) in [6.45, 7) is 1.52. The van der Waals surface area contributed by atoms with Gasteiger partial charge in [0.05, 0.1) is 24.5 Å². The number of aromatic amines is 1. The molecule has 0 unspecified atom stereocenters. The average molecular weight is 644 g/mol. The molecule has 0 spiro atoms. The number of aromatic nitrogens is 2. The van der Waals surface area contributed by atoms with E-state index in [-0.39, 0.29) is 18.3 Å². The monoisotopic (exact) mass is 644 g/mol. The van der Waals surface area contributed by atoms with Crippen LogP contribution in [0, 0.1) is 9.39 Å². The van der Waals surface area contributed by atoms with Crippen molar-refractivity contribution in [2.24, 2.45) is 5.73 Å². The van der Waals surface area contributed by atoms with E-state index in [2.05, 4.69) is 37.9 Å². The van der Waals surface area contributed by atoms with Crippen molar-refractivity contribution in [3.05, 3.63) is 105 Å². The molecule has 4 rings (SSSR count). The maximum atomic E-state index is 14.6. The zero-order chi connectivity index (χ0) is 27.9. The molecule has 0 bridgehead atoms. The van der Waals surface area contributed by atoms with E-state index in [0.29, 0.717) is 28.4 Å². The molecule has 39 heavy (non-hydrogen) atoms. The summed E-state index contributed by atoms with van der Waals surface area (Å²) in [5.41, 5.74) is 8.76. The van der Waals surface area contributed by atoms with E-state index >= 15 is 0 Å². The quantitative estimate of drug-likeness (QED) is 0.156. The Morgan fingerprint density at radius 2 is 1.85 bits per heavy atom. The van der Waals surface area contributed by atoms with Gasteiger partial charge in [-0.05, 0) is 64.0 Å². The molecular weight excluding hydrogens is 614 g/mol. The molecule has 4 atom stereocenters. The van der Waals surface area contributed by atoms with Crippen molar-refractivity contribution < 1.29 is 24.1 Å². The van der Waals surface area contributed by atoms with Crippen LogP contribution in [-0.2, 0) is 4.79 Å². The van der Waals surface area contributed by atoms with Crippen molar-refractivity contribution in [1.29, 1.82) is 0 Å². The normalized spacial score (nSPS) is 14.3. The molecular formula is C29H30FIN4O4. The van der Waals surface area contributed by atoms with Crippen LogP contribution in [0.3, 0.4) is 0 Å². The number of ether oxygens (including phenoxy) is 1. The molecule has 0 aliphatic carbocycles. The molecule has 10 heteroatoms. The Balaban J connectivity index is 1.56. The molecule has 4 aromatic rings. The van der Waals surface area contributed by atoms with Gasteiger partial charge >= 0.3 is 0 Å². The van der Waals surface area contributed by atoms with Gasteiger partial charge in [-0.25, -0.2) is 9.37 Å². The molecule has 6 N–H and O–H groups in total. The SMILES string of the molecule is C[C@@H](c1ccccc1)[C@H](NC(=O)[C@H](N)c1ccc(OC[C@H](O)CO)cc1)c1ncc(-c2ccc(I)cc2F)[nH]1. The third kappa shape index (κ3) is 7.21. The molecule has 204 valence electrons. The Bertz CT molecular complexity index is 1380. The molecule has 0 radical (unpaired) electrons. The fourth-order valence-corrected chi connectivity index (χ4v) is 4.58. The number of nitrogens with zero attached hydrogens (tertiary/aromatic N) is 1. The Kier molecular flexibility index (Phi) is 9.68. The van der Waals surface area contributed by atoms with Crippen LogP contribution in [0.4, 0.5) is 4.39 Å². The van der Waals surface area contributed by atoms with Crippen LogP contribution in [0.2, 0.25) is 0 Å². The van der Waals surface area contributed by atoms with Gasteiger partial charge in [0.2, 0.25) is 5.91 Å². The lowest BCUT2D eigenvalue weighted by atomic mass is 9.92. The fraction of sp³-hybridized carbons (Fsp3) is 0.241. The van der Waals surface area contributed by atoms with Gasteiger partial charge in [0.1, 0.15) is 36.1 Å². The molecule has 0 fully saturated rings. The van der Waals surface area contributed by atoms with Crippen LogP contribution < -0.4 is 15.8 Å². The maximum Gasteiger partial charge on any atom is 0.242 e. The van der Waals surface area contributed by atoms with Gasteiger partial charge in [-0.1, -0.05) is 49.4 Å². The van der Waals surface area contributed by atoms with Gasteiger partial charge in [0.15, 0.2) is 0 Å². The summed E-state index contributed by atoms with van der Waals surface area (Å²) >= 11 is 2.05. The summed E-state index contributed by atoms with van der Waals surface area (Å²) in [7, 11) is 0. The minimum atomic E-state index is -0.981. The van der Waals surface area contributed by atoms with Gasteiger partial charge in [0.25, 0.3) is 0 Å².